The first kappa shape index (κ1) is 18.6. The molecule has 160 valence electrons. The number of likely N-dealkylation sites (N-methyl/N-ethyl adjacent to an activating group) is 1. The number of hydrogen-bond acceptors (Lipinski definition) is 5. The number of phenols is 1. The lowest BCUT2D eigenvalue weighted by Gasteiger charge is -2.66. The van der Waals surface area contributed by atoms with Crippen molar-refractivity contribution in [2.24, 2.45) is 5.92 Å². The fourth-order valence-electron chi connectivity index (χ4n) is 7.09. The van der Waals surface area contributed by atoms with Crippen LogP contribution in [0.25, 0.3) is 0 Å². The van der Waals surface area contributed by atoms with Crippen molar-refractivity contribution in [3.05, 3.63) is 29.3 Å². The minimum absolute atomic E-state index is 0.00622. The summed E-state index contributed by atoms with van der Waals surface area (Å²) in [7, 11) is 1.69. The Kier molecular flexibility index (Phi) is 3.58. The smallest absolute Gasteiger partial charge is 0.324 e. The lowest BCUT2D eigenvalue weighted by atomic mass is 9.46. The SMILES string of the molecule is CN1C(=O)NC(=O)[C@@]12CC[C@@]1(O)[C@H]3Cc4ccc(O)cc4[C@@]1(CCN3CC1CC1)C2. The second-order valence-electron chi connectivity index (χ2n) is 10.3. The summed E-state index contributed by atoms with van der Waals surface area (Å²) in [5, 5.41) is 25.1. The van der Waals surface area contributed by atoms with Crippen LogP contribution in [0.3, 0.4) is 0 Å². The van der Waals surface area contributed by atoms with Gasteiger partial charge in [0.05, 0.1) is 5.60 Å². The lowest BCUT2D eigenvalue weighted by Crippen LogP contribution is -2.76. The van der Waals surface area contributed by atoms with Crippen LogP contribution in [0.5, 0.6) is 5.75 Å². The predicted octanol–water partition coefficient (Wildman–Crippen LogP) is 1.51. The number of urea groups is 1. The van der Waals surface area contributed by atoms with Gasteiger partial charge in [0.2, 0.25) is 0 Å². The molecule has 2 heterocycles. The molecule has 3 N–H and O–H groups in total. The van der Waals surface area contributed by atoms with Crippen molar-refractivity contribution < 1.29 is 19.8 Å². The molecular formula is C23H29N3O4. The number of imide groups is 1. The number of piperidine rings is 1. The Bertz CT molecular complexity index is 962. The molecule has 1 aromatic carbocycles. The molecule has 1 spiro atoms. The van der Waals surface area contributed by atoms with Crippen molar-refractivity contribution in [3.8, 4) is 5.75 Å². The van der Waals surface area contributed by atoms with Gasteiger partial charge >= 0.3 is 6.03 Å². The van der Waals surface area contributed by atoms with Gasteiger partial charge in [0.1, 0.15) is 11.3 Å². The molecule has 3 aliphatic carbocycles. The zero-order valence-electron chi connectivity index (χ0n) is 17.4. The Morgan fingerprint density at radius 1 is 1.20 bits per heavy atom. The number of carbonyl (C=O) groups excluding carboxylic acids is 2. The Hall–Kier alpha value is -2.12. The van der Waals surface area contributed by atoms with Gasteiger partial charge in [-0.25, -0.2) is 4.79 Å². The van der Waals surface area contributed by atoms with Crippen molar-refractivity contribution in [2.75, 3.05) is 20.1 Å². The highest BCUT2D eigenvalue weighted by molar-refractivity contribution is 6.07. The van der Waals surface area contributed by atoms with Crippen LogP contribution in [0.4, 0.5) is 4.79 Å². The first-order valence-electron chi connectivity index (χ1n) is 11.2. The Labute approximate surface area is 176 Å². The second kappa shape index (κ2) is 5.77. The zero-order valence-corrected chi connectivity index (χ0v) is 17.4. The third-order valence-corrected chi connectivity index (χ3v) is 8.96. The van der Waals surface area contributed by atoms with Gasteiger partial charge in [0.15, 0.2) is 0 Å². The molecule has 0 aromatic heterocycles. The maximum absolute atomic E-state index is 13.0. The summed E-state index contributed by atoms with van der Waals surface area (Å²) in [6, 6.07) is 5.13. The van der Waals surface area contributed by atoms with E-state index in [0.29, 0.717) is 19.3 Å². The summed E-state index contributed by atoms with van der Waals surface area (Å²) in [6.45, 7) is 1.90. The highest BCUT2D eigenvalue weighted by Crippen LogP contribution is 2.62. The molecule has 5 aliphatic rings. The molecule has 2 aliphatic heterocycles. The largest absolute Gasteiger partial charge is 0.508 e. The first-order chi connectivity index (χ1) is 14.3. The van der Waals surface area contributed by atoms with E-state index in [2.05, 4.69) is 10.2 Å². The van der Waals surface area contributed by atoms with E-state index in [1.54, 1.807) is 24.1 Å². The van der Waals surface area contributed by atoms with Gasteiger partial charge in [-0.3, -0.25) is 15.0 Å². The minimum atomic E-state index is -0.973. The average Bonchev–Trinajstić information content (AvgIpc) is 3.50. The summed E-state index contributed by atoms with van der Waals surface area (Å²) in [5.41, 5.74) is -0.455. The minimum Gasteiger partial charge on any atom is -0.508 e. The molecule has 2 bridgehead atoms. The molecule has 0 radical (unpaired) electrons. The van der Waals surface area contributed by atoms with Gasteiger partial charge in [-0.15, -0.1) is 0 Å². The molecule has 3 amide bonds. The topological polar surface area (TPSA) is 93.1 Å². The van der Waals surface area contributed by atoms with Gasteiger partial charge in [-0.1, -0.05) is 6.07 Å². The monoisotopic (exact) mass is 411 g/mol. The predicted molar refractivity (Wildman–Crippen MR) is 109 cm³/mol. The molecule has 4 atom stereocenters. The summed E-state index contributed by atoms with van der Waals surface area (Å²) in [6.07, 6.45) is 5.35. The molecule has 0 unspecified atom stereocenters. The standard InChI is InChI=1S/C23H29N3O4/c1-25-20(29)24-19(28)22(25)6-7-23(30)18-10-15-4-5-16(27)11-17(15)21(23,13-22)8-9-26(18)12-14-2-3-14/h4-5,11,14,18,27,30H,2-3,6-10,12-13H2,1H3,(H,24,28,29)/t18-,21-,22+,23-/m1/s1. The zero-order chi connectivity index (χ0) is 20.9. The highest BCUT2D eigenvalue weighted by Gasteiger charge is 2.70. The summed E-state index contributed by atoms with van der Waals surface area (Å²) in [5.74, 6) is 0.668. The number of likely N-dealkylation sites (tertiary alicyclic amines) is 1. The lowest BCUT2D eigenvalue weighted by molar-refractivity contribution is -0.186. The van der Waals surface area contributed by atoms with Crippen LogP contribution in [0.1, 0.15) is 49.7 Å². The fourth-order valence-corrected chi connectivity index (χ4v) is 7.09. The maximum atomic E-state index is 13.0. The number of nitrogens with zero attached hydrogens (tertiary/aromatic N) is 2. The van der Waals surface area contributed by atoms with E-state index in [4.69, 9.17) is 0 Å². The fraction of sp³-hybridized carbons (Fsp3) is 0.652. The van der Waals surface area contributed by atoms with E-state index in [0.717, 1.165) is 43.0 Å². The van der Waals surface area contributed by atoms with Crippen molar-refractivity contribution in [1.29, 1.82) is 0 Å². The molecule has 2 saturated carbocycles. The third kappa shape index (κ3) is 2.17. The van der Waals surface area contributed by atoms with E-state index >= 15 is 0 Å². The average molecular weight is 412 g/mol. The number of benzene rings is 1. The van der Waals surface area contributed by atoms with Crippen LogP contribution in [-0.2, 0) is 16.6 Å². The summed E-state index contributed by atoms with van der Waals surface area (Å²) < 4.78 is 0. The number of amides is 3. The summed E-state index contributed by atoms with van der Waals surface area (Å²) in [4.78, 5) is 29.3. The number of carbonyl (C=O) groups is 2. The van der Waals surface area contributed by atoms with Gasteiger partial charge in [0, 0.05) is 25.0 Å². The molecule has 1 aromatic rings. The van der Waals surface area contributed by atoms with Gasteiger partial charge in [0.25, 0.3) is 5.91 Å². The molecule has 30 heavy (non-hydrogen) atoms. The number of phenolic OH excluding ortho intramolecular Hbond substituents is 1. The van der Waals surface area contributed by atoms with E-state index in [9.17, 15) is 19.8 Å². The van der Waals surface area contributed by atoms with E-state index in [1.807, 2.05) is 6.07 Å². The molecule has 7 nitrogen and oxygen atoms in total. The highest BCUT2D eigenvalue weighted by atomic mass is 16.3. The number of rotatable bonds is 2. The van der Waals surface area contributed by atoms with E-state index in [-0.39, 0.29) is 23.7 Å². The van der Waals surface area contributed by atoms with Gasteiger partial charge in [-0.2, -0.15) is 0 Å². The number of hydrogen-bond donors (Lipinski definition) is 3. The number of aliphatic hydroxyl groups is 1. The maximum Gasteiger partial charge on any atom is 0.324 e. The molecule has 6 rings (SSSR count). The normalized spacial score (nSPS) is 40.3. The van der Waals surface area contributed by atoms with Crippen molar-refractivity contribution in [1.82, 2.24) is 15.1 Å². The van der Waals surface area contributed by atoms with Crippen LogP contribution < -0.4 is 5.32 Å². The number of nitrogens with one attached hydrogen (secondary N) is 1. The van der Waals surface area contributed by atoms with E-state index in [1.165, 1.54) is 12.8 Å². The van der Waals surface area contributed by atoms with Crippen molar-refractivity contribution >= 4 is 11.9 Å². The summed E-state index contributed by atoms with van der Waals surface area (Å²) >= 11 is 0. The van der Waals surface area contributed by atoms with Crippen molar-refractivity contribution in [3.63, 3.8) is 0 Å². The molecule has 7 heteroatoms. The first-order valence-corrected chi connectivity index (χ1v) is 11.2. The number of aromatic hydroxyl groups is 1. The Morgan fingerprint density at radius 2 is 2.00 bits per heavy atom. The quantitative estimate of drug-likeness (QED) is 0.642. The van der Waals surface area contributed by atoms with Crippen LogP contribution in [-0.4, -0.2) is 69.3 Å². The van der Waals surface area contributed by atoms with Crippen molar-refractivity contribution in [2.45, 2.75) is 67.5 Å². The number of fused-ring (bicyclic) bond motifs is 1. The molecule has 2 saturated heterocycles. The van der Waals surface area contributed by atoms with Crippen LogP contribution in [0.15, 0.2) is 18.2 Å². The van der Waals surface area contributed by atoms with Crippen LogP contribution >= 0.6 is 0 Å². The third-order valence-electron chi connectivity index (χ3n) is 8.96. The van der Waals surface area contributed by atoms with Gasteiger partial charge in [-0.05, 0) is 80.7 Å². The second-order valence-corrected chi connectivity index (χ2v) is 10.3. The van der Waals surface area contributed by atoms with Gasteiger partial charge < -0.3 is 15.1 Å². The van der Waals surface area contributed by atoms with E-state index < -0.39 is 16.6 Å². The van der Waals surface area contributed by atoms with Crippen LogP contribution in [0.2, 0.25) is 0 Å². The Morgan fingerprint density at radius 3 is 2.70 bits per heavy atom. The Balaban J connectivity index is 1.51. The van der Waals surface area contributed by atoms with Crippen LogP contribution in [0, 0.1) is 5.92 Å². The molecular weight excluding hydrogens is 382 g/mol. The molecule has 4 fully saturated rings.